The maximum atomic E-state index is 12.3. The van der Waals surface area contributed by atoms with E-state index in [2.05, 4.69) is 141 Å². The summed E-state index contributed by atoms with van der Waals surface area (Å²) in [7, 11) is 3.37. The lowest BCUT2D eigenvalue weighted by atomic mass is 9.94. The van der Waals surface area contributed by atoms with E-state index in [9.17, 15) is 33.9 Å². The summed E-state index contributed by atoms with van der Waals surface area (Å²) in [6.45, 7) is 62.0. The van der Waals surface area contributed by atoms with E-state index in [0.29, 0.717) is 18.8 Å². The third-order valence-corrected chi connectivity index (χ3v) is 21.8. The summed E-state index contributed by atoms with van der Waals surface area (Å²) in [6.07, 6.45) is 1.07. The second-order valence-electron chi connectivity index (χ2n) is 37.7. The van der Waals surface area contributed by atoms with Gasteiger partial charge in [-0.3, -0.25) is 28.8 Å². The molecule has 642 valence electrons. The van der Waals surface area contributed by atoms with Crippen LogP contribution in [0.4, 0.5) is 34.1 Å². The maximum Gasteiger partial charge on any atom is 0.228 e. The molecule has 1 N–H and O–H groups in total. The van der Waals surface area contributed by atoms with Crippen molar-refractivity contribution >= 4 is 69.6 Å². The lowest BCUT2D eigenvalue weighted by Gasteiger charge is -2.39. The number of methoxy groups -OCH3 is 2. The fourth-order valence-electron chi connectivity index (χ4n) is 14.8. The normalized spacial score (nSPS) is 16.4. The molecule has 0 aromatic heterocycles. The molecule has 0 unspecified atom stereocenters. The topological polar surface area (TPSA) is 180 Å². The Labute approximate surface area is 703 Å². The van der Waals surface area contributed by atoms with Gasteiger partial charge < -0.3 is 73.4 Å². The van der Waals surface area contributed by atoms with Crippen LogP contribution >= 0.6 is 0 Å². The van der Waals surface area contributed by atoms with Crippen LogP contribution < -0.4 is 38.9 Å². The number of ether oxygens (including phenoxy) is 2. The number of carbonyl (C=O) groups is 6. The number of phenolic OH excluding ortho intramolecular Hbond substituents is 1. The summed E-state index contributed by atoms with van der Waals surface area (Å²) in [5.41, 5.74) is 9.17. The van der Waals surface area contributed by atoms with E-state index in [1.165, 1.54) is 39.4 Å². The summed E-state index contributed by atoms with van der Waals surface area (Å²) >= 11 is 0. The van der Waals surface area contributed by atoms with Crippen LogP contribution in [-0.2, 0) is 35.2 Å². The molecule has 6 aliphatic rings. The summed E-state index contributed by atoms with van der Waals surface area (Å²) in [6, 6.07) is 49.4. The van der Waals surface area contributed by atoms with Crippen molar-refractivity contribution in [2.75, 3.05) is 201 Å². The number of piperazine rings is 6. The molecule has 0 radical (unpaired) electrons. The zero-order valence-electron chi connectivity index (χ0n) is 75.6. The Morgan fingerprint density at radius 2 is 0.573 bits per heavy atom. The van der Waals surface area contributed by atoms with Gasteiger partial charge in [0, 0.05) is 212 Å². The average Bonchev–Trinajstić information content (AvgIpc) is 0.837. The number of hydrogen-bond donors (Lipinski definition) is 1. The summed E-state index contributed by atoms with van der Waals surface area (Å²) in [5.74, 6) is 3.52. The fourth-order valence-corrected chi connectivity index (χ4v) is 14.8. The van der Waals surface area contributed by atoms with Gasteiger partial charge in [0.15, 0.2) is 0 Å². The second-order valence-corrected chi connectivity index (χ2v) is 37.7. The Morgan fingerprint density at radius 3 is 0.880 bits per heavy atom. The van der Waals surface area contributed by atoms with E-state index in [-0.39, 0.29) is 67.9 Å². The first-order valence-corrected chi connectivity index (χ1v) is 42.4. The summed E-state index contributed by atoms with van der Waals surface area (Å²) < 4.78 is 10.6. The van der Waals surface area contributed by atoms with Crippen molar-refractivity contribution in [2.24, 2.45) is 32.5 Å². The average molecular weight is 1610 g/mol. The molecular weight excluding hydrogens is 1470 g/mol. The van der Waals surface area contributed by atoms with Gasteiger partial charge in [-0.15, -0.1) is 0 Å². The van der Waals surface area contributed by atoms with E-state index in [4.69, 9.17) is 9.47 Å². The number of nitrogens with zero attached hydrogens (tertiary/aromatic N) is 12. The van der Waals surface area contributed by atoms with Gasteiger partial charge in [-0.25, -0.2) is 0 Å². The van der Waals surface area contributed by atoms with Crippen molar-refractivity contribution in [3.8, 4) is 17.2 Å². The zero-order chi connectivity index (χ0) is 86.4. The largest absolute Gasteiger partial charge is 0.506 e. The maximum absolute atomic E-state index is 12.3. The molecule has 21 heteroatoms. The highest BCUT2D eigenvalue weighted by Crippen LogP contribution is 2.33. The lowest BCUT2D eigenvalue weighted by Crippen LogP contribution is -2.51. The first kappa shape index (κ1) is 94.5. The monoisotopic (exact) mass is 1610 g/mol. The molecular formula is C96H144N12O9. The van der Waals surface area contributed by atoms with Gasteiger partial charge in [-0.05, 0) is 116 Å². The number of aromatic hydroxyl groups is 1. The highest BCUT2D eigenvalue weighted by Gasteiger charge is 2.36. The molecule has 0 bridgehead atoms. The highest BCUT2D eigenvalue weighted by molar-refractivity contribution is 5.85. The molecule has 0 spiro atoms. The minimum atomic E-state index is -0.322. The van der Waals surface area contributed by atoms with Crippen molar-refractivity contribution in [1.82, 2.24) is 29.4 Å². The third kappa shape index (κ3) is 28.3. The number of rotatable bonds is 9. The van der Waals surface area contributed by atoms with Crippen LogP contribution in [0, 0.1) is 46.3 Å². The first-order valence-electron chi connectivity index (χ1n) is 42.4. The first-order chi connectivity index (χ1) is 54.9. The molecule has 12 rings (SSSR count). The van der Waals surface area contributed by atoms with Crippen LogP contribution in [0.3, 0.4) is 0 Å². The number of aryl methyl sites for hydroxylation is 3. The summed E-state index contributed by atoms with van der Waals surface area (Å²) in [5, 5.41) is 9.84. The smallest absolute Gasteiger partial charge is 0.228 e. The molecule has 6 aliphatic heterocycles. The molecule has 21 nitrogen and oxygen atoms in total. The van der Waals surface area contributed by atoms with Crippen LogP contribution in [0.25, 0.3) is 0 Å². The van der Waals surface area contributed by atoms with Gasteiger partial charge in [0.2, 0.25) is 35.4 Å². The van der Waals surface area contributed by atoms with E-state index in [1.807, 2.05) is 203 Å². The Balaban J connectivity index is 0.000000194. The van der Waals surface area contributed by atoms with E-state index < -0.39 is 0 Å². The highest BCUT2D eigenvalue weighted by atomic mass is 16.5. The number of amides is 6. The number of hydrogen-bond acceptors (Lipinski definition) is 15. The van der Waals surface area contributed by atoms with Crippen LogP contribution in [0.5, 0.6) is 17.2 Å². The molecule has 0 atom stereocenters. The standard InChI is InChI=1S/C17H26N2O.2C16H24N2O2.2C16H24N2O.C15H22N2O2/c1-5-14-7-6-8-15(13-14)18-9-11-19(12-10-18)16(20)17(2,3)4;1-16(2,3)15(19)18-11-9-17(10-12-18)13-5-7-14(20-4)8-6-13;1-16(2,3)15(19)18-11-9-17(10-12-18)13-7-5-6-8-14(13)20-4;1-13-5-7-14(8-6-13)17-9-11-18(12-10-17)15(19)16(2,3)4;1-13-6-5-7-14(12-13)17-8-10-18(11-9-17)15(19)16(2,3)4;1-15(2,3)14(19)17-10-8-16(9-11-17)12-6-4-5-7-13(12)18/h6-8,13H,5,9-12H2,1-4H3;2*5-8H,9-12H2,1-4H3;5-8H,9-12H2,1-4H3;5-7,12H,8-11H2,1-4H3;4-7,18H,8-11H2,1-3H3. The van der Waals surface area contributed by atoms with E-state index in [1.54, 1.807) is 20.3 Å². The lowest BCUT2D eigenvalue weighted by molar-refractivity contribution is -0.140. The second kappa shape index (κ2) is 42.1. The minimum Gasteiger partial charge on any atom is -0.506 e. The molecule has 6 amide bonds. The van der Waals surface area contributed by atoms with Crippen molar-refractivity contribution in [3.63, 3.8) is 0 Å². The molecule has 6 aromatic carbocycles. The molecule has 6 saturated heterocycles. The predicted octanol–water partition coefficient (Wildman–Crippen LogP) is 15.2. The zero-order valence-corrected chi connectivity index (χ0v) is 75.6. The van der Waals surface area contributed by atoms with Crippen molar-refractivity contribution in [2.45, 2.75) is 152 Å². The number of benzene rings is 6. The Bertz CT molecular complexity index is 4120. The minimum absolute atomic E-state index is 0.199. The number of phenols is 1. The van der Waals surface area contributed by atoms with E-state index >= 15 is 0 Å². The number of anilines is 6. The van der Waals surface area contributed by atoms with Crippen molar-refractivity contribution in [1.29, 1.82) is 0 Å². The molecule has 6 fully saturated rings. The molecule has 0 saturated carbocycles. The fraction of sp³-hybridized carbons (Fsp3) is 0.562. The van der Waals surface area contributed by atoms with Gasteiger partial charge in [-0.1, -0.05) is 198 Å². The van der Waals surface area contributed by atoms with Gasteiger partial charge in [0.1, 0.15) is 17.2 Å². The van der Waals surface area contributed by atoms with Crippen molar-refractivity contribution < 1.29 is 43.3 Å². The summed E-state index contributed by atoms with van der Waals surface area (Å²) in [4.78, 5) is 99.1. The van der Waals surface area contributed by atoms with E-state index in [0.717, 1.165) is 173 Å². The molecule has 6 heterocycles. The number of carbonyl (C=O) groups excluding carboxylic acids is 6. The Morgan fingerprint density at radius 1 is 0.291 bits per heavy atom. The SMILES string of the molecule is CC(C)(C)C(=O)N1CCN(c2ccccc2O)CC1.CCc1cccc(N2CCN(C(=O)C(C)(C)C)CC2)c1.COc1ccc(N2CCN(C(=O)C(C)(C)C)CC2)cc1.COc1ccccc1N1CCN(C(=O)C(C)(C)C)CC1.Cc1ccc(N2CCN(C(=O)C(C)(C)C)CC2)cc1.Cc1cccc(N2CCN(C(=O)C(C)(C)C)CC2)c1. The quantitative estimate of drug-likeness (QED) is 0.144. The van der Waals surface area contributed by atoms with Gasteiger partial charge in [0.25, 0.3) is 0 Å². The van der Waals surface area contributed by atoms with Crippen LogP contribution in [-0.4, -0.2) is 241 Å². The molecule has 0 aliphatic carbocycles. The molecule has 6 aromatic rings. The molecule has 117 heavy (non-hydrogen) atoms. The Kier molecular flexibility index (Phi) is 34.0. The number of para-hydroxylation sites is 4. The Hall–Kier alpha value is -9.66. The van der Waals surface area contributed by atoms with Gasteiger partial charge >= 0.3 is 0 Å². The predicted molar refractivity (Wildman–Crippen MR) is 482 cm³/mol. The van der Waals surface area contributed by atoms with Gasteiger partial charge in [0.05, 0.1) is 25.6 Å². The van der Waals surface area contributed by atoms with Crippen LogP contribution in [0.15, 0.2) is 146 Å². The van der Waals surface area contributed by atoms with Crippen molar-refractivity contribution in [3.05, 3.63) is 162 Å². The third-order valence-electron chi connectivity index (χ3n) is 21.8. The van der Waals surface area contributed by atoms with Gasteiger partial charge in [-0.2, -0.15) is 0 Å². The van der Waals surface area contributed by atoms with Crippen LogP contribution in [0.1, 0.15) is 148 Å². The van der Waals surface area contributed by atoms with Crippen LogP contribution in [0.2, 0.25) is 0 Å².